The maximum Gasteiger partial charge on any atom is 0.123 e. The minimum atomic E-state index is 0.563. The molecule has 0 saturated carbocycles. The van der Waals surface area contributed by atoms with E-state index >= 15 is 0 Å². The number of nitrogens with two attached hydrogens (primary N) is 1. The van der Waals surface area contributed by atoms with E-state index in [1.54, 1.807) is 6.20 Å². The third-order valence-corrected chi connectivity index (χ3v) is 2.75. The molecule has 1 aliphatic rings. The Balaban J connectivity index is 1.69. The summed E-state index contributed by atoms with van der Waals surface area (Å²) in [6, 6.07) is 3.77. The molecule has 1 aliphatic heterocycles. The monoisotopic (exact) mass is 221 g/mol. The van der Waals surface area contributed by atoms with E-state index in [1.165, 1.54) is 0 Å². The minimum absolute atomic E-state index is 0.563. The van der Waals surface area contributed by atoms with Crippen molar-refractivity contribution >= 4 is 11.5 Å². The second kappa shape index (κ2) is 5.67. The summed E-state index contributed by atoms with van der Waals surface area (Å²) in [5, 5.41) is 6.68. The molecule has 0 spiro atoms. The summed E-state index contributed by atoms with van der Waals surface area (Å²) in [6.45, 7) is 6.51. The van der Waals surface area contributed by atoms with Crippen LogP contribution in [0.2, 0.25) is 0 Å². The van der Waals surface area contributed by atoms with Crippen molar-refractivity contribution < 1.29 is 0 Å². The highest BCUT2D eigenvalue weighted by molar-refractivity contribution is 5.45. The molecule has 2 heterocycles. The van der Waals surface area contributed by atoms with E-state index in [0.29, 0.717) is 5.82 Å². The second-order valence-electron chi connectivity index (χ2n) is 3.99. The van der Waals surface area contributed by atoms with Gasteiger partial charge < -0.3 is 16.4 Å². The molecule has 0 atom stereocenters. The first-order chi connectivity index (χ1) is 7.84. The van der Waals surface area contributed by atoms with Crippen LogP contribution < -0.4 is 16.4 Å². The van der Waals surface area contributed by atoms with Gasteiger partial charge in [0.25, 0.3) is 0 Å². The fraction of sp³-hybridized carbons (Fsp3) is 0.545. The number of anilines is 2. The van der Waals surface area contributed by atoms with E-state index in [-0.39, 0.29) is 0 Å². The Hall–Kier alpha value is -1.33. The van der Waals surface area contributed by atoms with Crippen LogP contribution in [0, 0.1) is 0 Å². The summed E-state index contributed by atoms with van der Waals surface area (Å²) in [4.78, 5) is 6.49. The molecule has 1 aromatic heterocycles. The van der Waals surface area contributed by atoms with E-state index < -0.39 is 0 Å². The van der Waals surface area contributed by atoms with Gasteiger partial charge in [0, 0.05) is 39.3 Å². The van der Waals surface area contributed by atoms with Crippen molar-refractivity contribution in [1.82, 2.24) is 15.2 Å². The highest BCUT2D eigenvalue weighted by Gasteiger charge is 2.07. The van der Waals surface area contributed by atoms with Crippen molar-refractivity contribution in [2.75, 3.05) is 50.3 Å². The summed E-state index contributed by atoms with van der Waals surface area (Å²) in [6.07, 6.45) is 1.77. The van der Waals surface area contributed by atoms with E-state index in [2.05, 4.69) is 20.5 Å². The summed E-state index contributed by atoms with van der Waals surface area (Å²) in [5.41, 5.74) is 6.55. The van der Waals surface area contributed by atoms with Crippen molar-refractivity contribution in [2.45, 2.75) is 0 Å². The van der Waals surface area contributed by atoms with E-state index in [9.17, 15) is 0 Å². The van der Waals surface area contributed by atoms with Gasteiger partial charge in [-0.3, -0.25) is 4.90 Å². The fourth-order valence-electron chi connectivity index (χ4n) is 1.80. The second-order valence-corrected chi connectivity index (χ2v) is 3.99. The lowest BCUT2D eigenvalue weighted by molar-refractivity contribution is 0.249. The van der Waals surface area contributed by atoms with E-state index in [0.717, 1.165) is 45.0 Å². The standard InChI is InChI=1S/C11H19N5/c12-11-2-1-10(9-15-11)14-5-8-16-6-3-13-4-7-16/h1-2,9,13-14H,3-8H2,(H2,12,15). The van der Waals surface area contributed by atoms with Gasteiger partial charge in [-0.1, -0.05) is 0 Å². The van der Waals surface area contributed by atoms with E-state index in [4.69, 9.17) is 5.73 Å². The molecule has 5 heteroatoms. The molecule has 88 valence electrons. The molecule has 1 fully saturated rings. The molecule has 4 N–H and O–H groups in total. The average Bonchev–Trinajstić information content (AvgIpc) is 2.33. The van der Waals surface area contributed by atoms with Gasteiger partial charge in [-0.05, 0) is 12.1 Å². The van der Waals surface area contributed by atoms with Gasteiger partial charge in [0.05, 0.1) is 11.9 Å². The molecule has 0 aromatic carbocycles. The molecule has 0 unspecified atom stereocenters. The lowest BCUT2D eigenvalue weighted by Crippen LogP contribution is -2.45. The summed E-state index contributed by atoms with van der Waals surface area (Å²) in [7, 11) is 0. The molecular weight excluding hydrogens is 202 g/mol. The van der Waals surface area contributed by atoms with Crippen LogP contribution in [0.15, 0.2) is 18.3 Å². The number of hydrogen-bond acceptors (Lipinski definition) is 5. The first-order valence-electron chi connectivity index (χ1n) is 5.73. The molecule has 1 aromatic rings. The number of aromatic nitrogens is 1. The van der Waals surface area contributed by atoms with Crippen LogP contribution in [0.1, 0.15) is 0 Å². The largest absolute Gasteiger partial charge is 0.384 e. The van der Waals surface area contributed by atoms with Gasteiger partial charge in [-0.15, -0.1) is 0 Å². The summed E-state index contributed by atoms with van der Waals surface area (Å²) < 4.78 is 0. The Bertz CT molecular complexity index is 305. The predicted octanol–water partition coefficient (Wildman–Crippen LogP) is -0.0191. The van der Waals surface area contributed by atoms with Crippen LogP contribution in [0.4, 0.5) is 11.5 Å². The number of nitrogen functional groups attached to an aromatic ring is 1. The first-order valence-corrected chi connectivity index (χ1v) is 5.73. The Kier molecular flexibility index (Phi) is 3.96. The molecule has 5 nitrogen and oxygen atoms in total. The van der Waals surface area contributed by atoms with Crippen LogP contribution in [-0.4, -0.2) is 49.2 Å². The zero-order chi connectivity index (χ0) is 11.2. The number of nitrogens with one attached hydrogen (secondary N) is 2. The summed E-state index contributed by atoms with van der Waals surface area (Å²) >= 11 is 0. The zero-order valence-electron chi connectivity index (χ0n) is 9.45. The van der Waals surface area contributed by atoms with Crippen molar-refractivity contribution in [1.29, 1.82) is 0 Å². The highest BCUT2D eigenvalue weighted by Crippen LogP contribution is 2.06. The first kappa shape index (κ1) is 11.2. The Labute approximate surface area is 96.0 Å². The predicted molar refractivity (Wildman–Crippen MR) is 66.4 cm³/mol. The molecular formula is C11H19N5. The lowest BCUT2D eigenvalue weighted by Gasteiger charge is -2.27. The van der Waals surface area contributed by atoms with Gasteiger partial charge in [0.1, 0.15) is 5.82 Å². The SMILES string of the molecule is Nc1ccc(NCCN2CCNCC2)cn1. The molecule has 0 aliphatic carbocycles. The number of piperazine rings is 1. The molecule has 16 heavy (non-hydrogen) atoms. The van der Waals surface area contributed by atoms with Crippen molar-refractivity contribution in [3.63, 3.8) is 0 Å². The van der Waals surface area contributed by atoms with Gasteiger partial charge in [0.15, 0.2) is 0 Å². The number of rotatable bonds is 4. The lowest BCUT2D eigenvalue weighted by atomic mass is 10.3. The van der Waals surface area contributed by atoms with Crippen LogP contribution >= 0.6 is 0 Å². The third-order valence-electron chi connectivity index (χ3n) is 2.75. The molecule has 0 amide bonds. The van der Waals surface area contributed by atoms with Crippen LogP contribution in [0.25, 0.3) is 0 Å². The summed E-state index contributed by atoms with van der Waals surface area (Å²) in [5.74, 6) is 0.563. The average molecular weight is 221 g/mol. The van der Waals surface area contributed by atoms with Gasteiger partial charge in [-0.2, -0.15) is 0 Å². The molecule has 1 saturated heterocycles. The van der Waals surface area contributed by atoms with E-state index in [1.807, 2.05) is 12.1 Å². The van der Waals surface area contributed by atoms with Crippen LogP contribution in [-0.2, 0) is 0 Å². The highest BCUT2D eigenvalue weighted by atomic mass is 15.2. The normalized spacial score (nSPS) is 17.2. The zero-order valence-corrected chi connectivity index (χ0v) is 9.45. The van der Waals surface area contributed by atoms with Crippen molar-refractivity contribution in [3.8, 4) is 0 Å². The maximum absolute atomic E-state index is 5.52. The topological polar surface area (TPSA) is 66.2 Å². The smallest absolute Gasteiger partial charge is 0.123 e. The Morgan fingerprint density at radius 1 is 1.38 bits per heavy atom. The Morgan fingerprint density at radius 2 is 2.19 bits per heavy atom. The quantitative estimate of drug-likeness (QED) is 0.667. The molecule has 0 bridgehead atoms. The minimum Gasteiger partial charge on any atom is -0.384 e. The number of nitrogens with zero attached hydrogens (tertiary/aromatic N) is 2. The Morgan fingerprint density at radius 3 is 2.88 bits per heavy atom. The van der Waals surface area contributed by atoms with Crippen molar-refractivity contribution in [2.24, 2.45) is 0 Å². The molecule has 2 rings (SSSR count). The van der Waals surface area contributed by atoms with Crippen LogP contribution in [0.3, 0.4) is 0 Å². The number of hydrogen-bond donors (Lipinski definition) is 3. The molecule has 0 radical (unpaired) electrons. The number of pyridine rings is 1. The maximum atomic E-state index is 5.52. The fourth-order valence-corrected chi connectivity index (χ4v) is 1.80. The van der Waals surface area contributed by atoms with Crippen molar-refractivity contribution in [3.05, 3.63) is 18.3 Å². The van der Waals surface area contributed by atoms with Crippen LogP contribution in [0.5, 0.6) is 0 Å². The van der Waals surface area contributed by atoms with Gasteiger partial charge >= 0.3 is 0 Å². The third kappa shape index (κ3) is 3.36. The van der Waals surface area contributed by atoms with Gasteiger partial charge in [0.2, 0.25) is 0 Å². The van der Waals surface area contributed by atoms with Gasteiger partial charge in [-0.25, -0.2) is 4.98 Å².